The van der Waals surface area contributed by atoms with Crippen molar-refractivity contribution in [3.63, 3.8) is 0 Å². The van der Waals surface area contributed by atoms with Crippen LogP contribution in [0.2, 0.25) is 0 Å². The quantitative estimate of drug-likeness (QED) is 0.822. The van der Waals surface area contributed by atoms with Gasteiger partial charge in [-0.1, -0.05) is 6.92 Å². The molecule has 0 saturated carbocycles. The molecule has 1 aromatic carbocycles. The third-order valence-electron chi connectivity index (χ3n) is 2.38. The van der Waals surface area contributed by atoms with Crippen LogP contribution in [0, 0.1) is 5.82 Å². The van der Waals surface area contributed by atoms with Crippen LogP contribution in [0.3, 0.4) is 0 Å². The highest BCUT2D eigenvalue weighted by molar-refractivity contribution is 14.1. The van der Waals surface area contributed by atoms with E-state index >= 15 is 0 Å². The molecule has 0 bridgehead atoms. The van der Waals surface area contributed by atoms with Crippen LogP contribution in [-0.4, -0.2) is 4.98 Å². The van der Waals surface area contributed by atoms with Crippen LogP contribution >= 0.6 is 22.6 Å². The molecule has 18 heavy (non-hydrogen) atoms. The zero-order valence-corrected chi connectivity index (χ0v) is 11.9. The third-order valence-corrected chi connectivity index (χ3v) is 3.68. The van der Waals surface area contributed by atoms with E-state index in [1.807, 2.05) is 0 Å². The van der Waals surface area contributed by atoms with E-state index in [0.717, 1.165) is 21.3 Å². The van der Waals surface area contributed by atoms with Crippen molar-refractivity contribution in [3.8, 4) is 0 Å². The van der Waals surface area contributed by atoms with Gasteiger partial charge in [0.1, 0.15) is 12.1 Å². The Hall–Kier alpha value is -1.37. The van der Waals surface area contributed by atoms with Gasteiger partial charge in [-0.2, -0.15) is 0 Å². The lowest BCUT2D eigenvalue weighted by Gasteiger charge is -2.11. The van der Waals surface area contributed by atoms with Gasteiger partial charge in [0.05, 0.1) is 11.9 Å². The zero-order valence-electron chi connectivity index (χ0n) is 9.78. The molecular weight excluding hydrogens is 346 g/mol. The van der Waals surface area contributed by atoms with Crippen molar-refractivity contribution < 1.29 is 8.81 Å². The molecule has 0 saturated heterocycles. The molecule has 0 amide bonds. The minimum Gasteiger partial charge on any atom is -0.432 e. The number of allylic oxidation sites excluding steroid dienone is 1. The van der Waals surface area contributed by atoms with Crippen molar-refractivity contribution in [3.05, 3.63) is 51.7 Å². The molecule has 0 aliphatic heterocycles. The molecule has 2 aromatic rings. The van der Waals surface area contributed by atoms with Crippen LogP contribution in [0.1, 0.15) is 18.9 Å². The molecular formula is C13H12FIN2O. The summed E-state index contributed by atoms with van der Waals surface area (Å²) in [5, 5.41) is 3.12. The van der Waals surface area contributed by atoms with Crippen molar-refractivity contribution in [2.24, 2.45) is 0 Å². The first kappa shape index (κ1) is 13.1. The van der Waals surface area contributed by atoms with Gasteiger partial charge in [0.25, 0.3) is 6.01 Å². The fraction of sp³-hybridized carbons (Fsp3) is 0.154. The van der Waals surface area contributed by atoms with Gasteiger partial charge in [0, 0.05) is 3.58 Å². The molecule has 1 heterocycles. The molecule has 5 heteroatoms. The average Bonchev–Trinajstić information content (AvgIpc) is 2.89. The highest BCUT2D eigenvalue weighted by Gasteiger charge is 2.09. The van der Waals surface area contributed by atoms with Crippen molar-refractivity contribution in [2.45, 2.75) is 13.3 Å². The van der Waals surface area contributed by atoms with Gasteiger partial charge < -0.3 is 9.73 Å². The number of halogens is 2. The Labute approximate surface area is 118 Å². The number of rotatable bonds is 4. The molecule has 0 aliphatic carbocycles. The lowest BCUT2D eigenvalue weighted by atomic mass is 10.1. The Morgan fingerprint density at radius 2 is 2.11 bits per heavy atom. The van der Waals surface area contributed by atoms with Gasteiger partial charge in [-0.3, -0.25) is 0 Å². The summed E-state index contributed by atoms with van der Waals surface area (Å²) >= 11 is 2.26. The Balaban J connectivity index is 2.34. The first-order chi connectivity index (χ1) is 8.70. The molecule has 1 N–H and O–H groups in total. The lowest BCUT2D eigenvalue weighted by molar-refractivity contribution is 0.578. The van der Waals surface area contributed by atoms with E-state index in [2.05, 4.69) is 39.8 Å². The third kappa shape index (κ3) is 3.10. The smallest absolute Gasteiger partial charge is 0.299 e. The van der Waals surface area contributed by atoms with E-state index in [1.165, 1.54) is 18.4 Å². The number of nitrogens with zero attached hydrogens (tertiary/aromatic N) is 1. The van der Waals surface area contributed by atoms with Crippen LogP contribution in [0.15, 0.2) is 44.7 Å². The summed E-state index contributed by atoms with van der Waals surface area (Å²) < 4.78 is 19.2. The second kappa shape index (κ2) is 5.99. The van der Waals surface area contributed by atoms with Gasteiger partial charge in [0.15, 0.2) is 0 Å². The van der Waals surface area contributed by atoms with Crippen LogP contribution in [0.4, 0.5) is 10.4 Å². The van der Waals surface area contributed by atoms with Gasteiger partial charge in [-0.25, -0.2) is 9.37 Å². The number of oxazole rings is 1. The van der Waals surface area contributed by atoms with Crippen LogP contribution in [-0.2, 0) is 0 Å². The molecule has 1 aromatic heterocycles. The second-order valence-electron chi connectivity index (χ2n) is 3.60. The number of nitrogens with one attached hydrogen (secondary N) is 1. The van der Waals surface area contributed by atoms with Gasteiger partial charge in [0.2, 0.25) is 0 Å². The molecule has 0 spiro atoms. The van der Waals surface area contributed by atoms with E-state index < -0.39 is 0 Å². The van der Waals surface area contributed by atoms with Gasteiger partial charge in [-0.15, -0.1) is 0 Å². The Bertz CT molecular complexity index is 535. The zero-order chi connectivity index (χ0) is 13.0. The maximum Gasteiger partial charge on any atom is 0.299 e. The molecule has 0 fully saturated rings. The normalized spacial score (nSPS) is 12.2. The van der Waals surface area contributed by atoms with Crippen LogP contribution in [0.5, 0.6) is 0 Å². The minimum absolute atomic E-state index is 0.249. The monoisotopic (exact) mass is 358 g/mol. The number of hydrogen-bond donors (Lipinski definition) is 1. The summed E-state index contributed by atoms with van der Waals surface area (Å²) in [6.45, 7) is 2.06. The maximum absolute atomic E-state index is 12.9. The fourth-order valence-corrected chi connectivity index (χ4v) is 1.93. The maximum atomic E-state index is 12.9. The fourth-order valence-electron chi connectivity index (χ4n) is 1.48. The molecule has 94 valence electrons. The Morgan fingerprint density at radius 3 is 2.67 bits per heavy atom. The standard InChI is InChI=1S/C13H12FIN2O/c1-2-11(15)12(17-13-16-7-8-18-13)9-3-5-10(14)6-4-9/h3-8H,2H2,1H3,(H,16,17)/b12-11+. The predicted molar refractivity (Wildman–Crippen MR) is 77.8 cm³/mol. The van der Waals surface area contributed by atoms with Gasteiger partial charge in [-0.05, 0) is 58.8 Å². The summed E-state index contributed by atoms with van der Waals surface area (Å²) in [7, 11) is 0. The molecule has 0 unspecified atom stereocenters. The van der Waals surface area contributed by atoms with Crippen LogP contribution in [0.25, 0.3) is 5.70 Å². The molecule has 3 nitrogen and oxygen atoms in total. The SMILES string of the molecule is CC/C(I)=C(\Nc1ncco1)c1ccc(F)cc1. The highest BCUT2D eigenvalue weighted by atomic mass is 127. The van der Waals surface area contributed by atoms with Crippen molar-refractivity contribution in [1.29, 1.82) is 0 Å². The Kier molecular flexibility index (Phi) is 4.35. The van der Waals surface area contributed by atoms with Crippen molar-refractivity contribution >= 4 is 34.3 Å². The molecule has 0 radical (unpaired) electrons. The van der Waals surface area contributed by atoms with E-state index in [0.29, 0.717) is 6.01 Å². The first-order valence-electron chi connectivity index (χ1n) is 5.51. The average molecular weight is 358 g/mol. The van der Waals surface area contributed by atoms with Crippen molar-refractivity contribution in [2.75, 3.05) is 5.32 Å². The second-order valence-corrected chi connectivity index (χ2v) is 4.90. The summed E-state index contributed by atoms with van der Waals surface area (Å²) in [5.74, 6) is -0.249. The van der Waals surface area contributed by atoms with Crippen LogP contribution < -0.4 is 5.32 Å². The van der Waals surface area contributed by atoms with E-state index in [4.69, 9.17) is 4.42 Å². The topological polar surface area (TPSA) is 38.1 Å². The summed E-state index contributed by atoms with van der Waals surface area (Å²) in [6, 6.07) is 6.76. The highest BCUT2D eigenvalue weighted by Crippen LogP contribution is 2.26. The van der Waals surface area contributed by atoms with E-state index in [-0.39, 0.29) is 5.82 Å². The van der Waals surface area contributed by atoms with Gasteiger partial charge >= 0.3 is 0 Å². The molecule has 0 atom stereocenters. The predicted octanol–water partition coefficient (Wildman–Crippen LogP) is 4.44. The Morgan fingerprint density at radius 1 is 1.39 bits per heavy atom. The van der Waals surface area contributed by atoms with E-state index in [9.17, 15) is 4.39 Å². The largest absolute Gasteiger partial charge is 0.432 e. The molecule has 0 aliphatic rings. The number of aromatic nitrogens is 1. The first-order valence-corrected chi connectivity index (χ1v) is 6.59. The summed E-state index contributed by atoms with van der Waals surface area (Å²) in [6.07, 6.45) is 3.95. The van der Waals surface area contributed by atoms with Crippen molar-refractivity contribution in [1.82, 2.24) is 4.98 Å². The summed E-state index contributed by atoms with van der Waals surface area (Å²) in [4.78, 5) is 4.03. The number of benzene rings is 1. The lowest BCUT2D eigenvalue weighted by Crippen LogP contribution is -2.01. The molecule has 2 rings (SSSR count). The minimum atomic E-state index is -0.249. The number of hydrogen-bond acceptors (Lipinski definition) is 3. The van der Waals surface area contributed by atoms with E-state index in [1.54, 1.807) is 18.3 Å². The summed E-state index contributed by atoms with van der Waals surface area (Å²) in [5.41, 5.74) is 1.79. The number of anilines is 1.